The molecule has 0 saturated carbocycles. The predicted molar refractivity (Wildman–Crippen MR) is 74.1 cm³/mol. The van der Waals surface area contributed by atoms with Crippen LogP contribution < -0.4 is 5.32 Å². The molecule has 0 bridgehead atoms. The smallest absolute Gasteiger partial charge is 0.244 e. The minimum atomic E-state index is -0.0556. The zero-order chi connectivity index (χ0) is 13.1. The molecular weight excluding hydrogens is 226 g/mol. The summed E-state index contributed by atoms with van der Waals surface area (Å²) in [5, 5.41) is 2.87. The second-order valence-corrected chi connectivity index (χ2v) is 4.41. The number of furan rings is 1. The average Bonchev–Trinajstić information content (AvgIpc) is 2.88. The average molecular weight is 249 g/mol. The Morgan fingerprint density at radius 1 is 1.28 bits per heavy atom. The molecule has 1 aromatic heterocycles. The Morgan fingerprint density at radius 3 is 2.78 bits per heavy atom. The highest BCUT2D eigenvalue weighted by Gasteiger charge is 1.96. The number of unbranched alkanes of at least 4 members (excludes halogenated alkanes) is 5. The van der Waals surface area contributed by atoms with Gasteiger partial charge in [0.15, 0.2) is 0 Å². The van der Waals surface area contributed by atoms with E-state index in [-0.39, 0.29) is 5.91 Å². The second kappa shape index (κ2) is 9.51. The van der Waals surface area contributed by atoms with Crippen LogP contribution in [0.3, 0.4) is 0 Å². The van der Waals surface area contributed by atoms with Crippen molar-refractivity contribution in [2.75, 3.05) is 6.54 Å². The highest BCUT2D eigenvalue weighted by atomic mass is 16.3. The molecule has 0 radical (unpaired) electrons. The van der Waals surface area contributed by atoms with E-state index in [4.69, 9.17) is 4.42 Å². The molecule has 1 rings (SSSR count). The van der Waals surface area contributed by atoms with E-state index in [1.54, 1.807) is 18.4 Å². The lowest BCUT2D eigenvalue weighted by Crippen LogP contribution is -2.21. The fraction of sp³-hybridized carbons (Fsp3) is 0.533. The molecule has 0 saturated heterocycles. The number of amides is 1. The SMILES string of the molecule is CCCCCCCCNC(=O)/C=C/c1ccco1. The van der Waals surface area contributed by atoms with Gasteiger partial charge in [-0.05, 0) is 24.6 Å². The summed E-state index contributed by atoms with van der Waals surface area (Å²) >= 11 is 0. The molecule has 0 unspecified atom stereocenters. The van der Waals surface area contributed by atoms with Gasteiger partial charge in [0.1, 0.15) is 5.76 Å². The molecule has 0 aromatic carbocycles. The molecular formula is C15H23NO2. The van der Waals surface area contributed by atoms with Crippen molar-refractivity contribution < 1.29 is 9.21 Å². The molecule has 1 heterocycles. The minimum Gasteiger partial charge on any atom is -0.465 e. The van der Waals surface area contributed by atoms with Crippen LogP contribution >= 0.6 is 0 Å². The van der Waals surface area contributed by atoms with Crippen molar-refractivity contribution in [3.8, 4) is 0 Å². The van der Waals surface area contributed by atoms with Crippen molar-refractivity contribution in [2.24, 2.45) is 0 Å². The molecule has 100 valence electrons. The molecule has 0 aliphatic rings. The van der Waals surface area contributed by atoms with Gasteiger partial charge >= 0.3 is 0 Å². The lowest BCUT2D eigenvalue weighted by atomic mass is 10.1. The monoisotopic (exact) mass is 249 g/mol. The summed E-state index contributed by atoms with van der Waals surface area (Å²) in [5.41, 5.74) is 0. The third-order valence-corrected chi connectivity index (χ3v) is 2.77. The summed E-state index contributed by atoms with van der Waals surface area (Å²) in [6.07, 6.45) is 12.2. The summed E-state index contributed by atoms with van der Waals surface area (Å²) in [6.45, 7) is 2.97. The van der Waals surface area contributed by atoms with Crippen LogP contribution in [0.5, 0.6) is 0 Å². The summed E-state index contributed by atoms with van der Waals surface area (Å²) in [7, 11) is 0. The third-order valence-electron chi connectivity index (χ3n) is 2.77. The molecule has 3 heteroatoms. The van der Waals surface area contributed by atoms with Gasteiger partial charge in [0.2, 0.25) is 5.91 Å². The molecule has 0 atom stereocenters. The summed E-state index contributed by atoms with van der Waals surface area (Å²) < 4.78 is 5.10. The summed E-state index contributed by atoms with van der Waals surface area (Å²) in [6, 6.07) is 3.62. The molecule has 0 fully saturated rings. The Labute approximate surface area is 109 Å². The maximum atomic E-state index is 11.4. The quantitative estimate of drug-likeness (QED) is 0.534. The highest BCUT2D eigenvalue weighted by molar-refractivity contribution is 5.91. The second-order valence-electron chi connectivity index (χ2n) is 4.41. The normalized spacial score (nSPS) is 10.9. The molecule has 1 amide bonds. The van der Waals surface area contributed by atoms with Gasteiger partial charge in [0.05, 0.1) is 6.26 Å². The third kappa shape index (κ3) is 6.94. The van der Waals surface area contributed by atoms with E-state index in [1.807, 2.05) is 6.07 Å². The number of rotatable bonds is 9. The fourth-order valence-electron chi connectivity index (χ4n) is 1.72. The Morgan fingerprint density at radius 2 is 2.06 bits per heavy atom. The summed E-state index contributed by atoms with van der Waals surface area (Å²) in [4.78, 5) is 11.4. The minimum absolute atomic E-state index is 0.0556. The maximum absolute atomic E-state index is 11.4. The first-order valence-corrected chi connectivity index (χ1v) is 6.82. The predicted octanol–water partition coefficient (Wildman–Crippen LogP) is 3.77. The molecule has 0 spiro atoms. The Hall–Kier alpha value is -1.51. The molecule has 0 aliphatic heterocycles. The van der Waals surface area contributed by atoms with Crippen LogP contribution in [0.1, 0.15) is 51.2 Å². The highest BCUT2D eigenvalue weighted by Crippen LogP contribution is 2.04. The van der Waals surface area contributed by atoms with Crippen LogP contribution in [-0.4, -0.2) is 12.5 Å². The molecule has 18 heavy (non-hydrogen) atoms. The van der Waals surface area contributed by atoms with E-state index >= 15 is 0 Å². The molecule has 3 nitrogen and oxygen atoms in total. The van der Waals surface area contributed by atoms with Crippen molar-refractivity contribution in [2.45, 2.75) is 45.4 Å². The Kier molecular flexibility index (Phi) is 7.69. The first-order valence-electron chi connectivity index (χ1n) is 6.82. The lowest BCUT2D eigenvalue weighted by molar-refractivity contribution is -0.116. The van der Waals surface area contributed by atoms with Crippen molar-refractivity contribution in [1.29, 1.82) is 0 Å². The van der Waals surface area contributed by atoms with Crippen LogP contribution in [0.2, 0.25) is 0 Å². The molecule has 0 aliphatic carbocycles. The van der Waals surface area contributed by atoms with Gasteiger partial charge in [-0.1, -0.05) is 39.0 Å². The van der Waals surface area contributed by atoms with Gasteiger partial charge in [-0.15, -0.1) is 0 Å². The standard InChI is InChI=1S/C15H23NO2/c1-2-3-4-5-6-7-12-16-15(17)11-10-14-9-8-13-18-14/h8-11,13H,2-7,12H2,1H3,(H,16,17)/b11-10+. The fourth-order valence-corrected chi connectivity index (χ4v) is 1.72. The van der Waals surface area contributed by atoms with E-state index in [1.165, 1.54) is 38.2 Å². The number of hydrogen-bond donors (Lipinski definition) is 1. The van der Waals surface area contributed by atoms with Crippen molar-refractivity contribution in [3.63, 3.8) is 0 Å². The van der Waals surface area contributed by atoms with E-state index in [0.29, 0.717) is 5.76 Å². The van der Waals surface area contributed by atoms with Gasteiger partial charge in [-0.2, -0.15) is 0 Å². The van der Waals surface area contributed by atoms with Crippen LogP contribution in [-0.2, 0) is 4.79 Å². The van der Waals surface area contributed by atoms with E-state index in [2.05, 4.69) is 12.2 Å². The number of nitrogens with one attached hydrogen (secondary N) is 1. The van der Waals surface area contributed by atoms with Crippen LogP contribution in [0.4, 0.5) is 0 Å². The topological polar surface area (TPSA) is 42.2 Å². The zero-order valence-electron chi connectivity index (χ0n) is 11.2. The summed E-state index contributed by atoms with van der Waals surface area (Å²) in [5.74, 6) is 0.643. The van der Waals surface area contributed by atoms with E-state index in [9.17, 15) is 4.79 Å². The Bertz CT molecular complexity index is 341. The molecule has 1 aromatic rings. The van der Waals surface area contributed by atoms with Crippen LogP contribution in [0, 0.1) is 0 Å². The van der Waals surface area contributed by atoms with Crippen LogP contribution in [0.25, 0.3) is 6.08 Å². The number of hydrogen-bond acceptors (Lipinski definition) is 2. The first-order chi connectivity index (χ1) is 8.83. The Balaban J connectivity index is 2.00. The number of carbonyl (C=O) groups is 1. The van der Waals surface area contributed by atoms with Gasteiger partial charge in [-0.25, -0.2) is 0 Å². The lowest BCUT2D eigenvalue weighted by Gasteiger charge is -2.02. The van der Waals surface area contributed by atoms with Crippen molar-refractivity contribution in [1.82, 2.24) is 5.32 Å². The van der Waals surface area contributed by atoms with Gasteiger partial charge in [-0.3, -0.25) is 4.79 Å². The van der Waals surface area contributed by atoms with Gasteiger partial charge < -0.3 is 9.73 Å². The van der Waals surface area contributed by atoms with Crippen molar-refractivity contribution in [3.05, 3.63) is 30.2 Å². The van der Waals surface area contributed by atoms with E-state index < -0.39 is 0 Å². The molecule has 1 N–H and O–H groups in total. The largest absolute Gasteiger partial charge is 0.465 e. The number of carbonyl (C=O) groups excluding carboxylic acids is 1. The first kappa shape index (κ1) is 14.6. The van der Waals surface area contributed by atoms with Gasteiger partial charge in [0.25, 0.3) is 0 Å². The zero-order valence-corrected chi connectivity index (χ0v) is 11.2. The van der Waals surface area contributed by atoms with Crippen LogP contribution in [0.15, 0.2) is 28.9 Å². The van der Waals surface area contributed by atoms with Gasteiger partial charge in [0, 0.05) is 12.6 Å². The van der Waals surface area contributed by atoms with E-state index in [0.717, 1.165) is 13.0 Å². The maximum Gasteiger partial charge on any atom is 0.244 e. The van der Waals surface area contributed by atoms with Crippen molar-refractivity contribution >= 4 is 12.0 Å².